The van der Waals surface area contributed by atoms with E-state index in [1.54, 1.807) is 0 Å². The second-order valence-electron chi connectivity index (χ2n) is 5.15. The third-order valence-electron chi connectivity index (χ3n) is 4.11. The van der Waals surface area contributed by atoms with Crippen molar-refractivity contribution in [1.82, 2.24) is 0 Å². The monoisotopic (exact) mass is 218 g/mol. The Morgan fingerprint density at radius 3 is 3.06 bits per heavy atom. The molecule has 0 saturated carbocycles. The largest absolute Gasteiger partial charge is 0.385 e. The minimum atomic E-state index is -0.627. The number of aliphatic hydroxyl groups is 1. The Bertz CT molecular complexity index is 407. The van der Waals surface area contributed by atoms with Gasteiger partial charge in [-0.05, 0) is 37.3 Å². The van der Waals surface area contributed by atoms with E-state index in [9.17, 15) is 5.11 Å². The SMILES string of the molecule is Cc1ccc2c(c1)C(O)(C1CCOC1)CC2. The molecule has 2 nitrogen and oxygen atoms in total. The number of hydrogen-bond donors (Lipinski definition) is 1. The lowest BCUT2D eigenvalue weighted by Crippen LogP contribution is -2.33. The molecule has 3 rings (SSSR count). The van der Waals surface area contributed by atoms with Crippen LogP contribution in [-0.4, -0.2) is 18.3 Å². The van der Waals surface area contributed by atoms with Crippen LogP contribution in [-0.2, 0) is 16.8 Å². The summed E-state index contributed by atoms with van der Waals surface area (Å²) in [5, 5.41) is 10.9. The van der Waals surface area contributed by atoms with Gasteiger partial charge in [-0.15, -0.1) is 0 Å². The standard InChI is InChI=1S/C14H18O2/c1-10-2-3-11-4-6-14(15,13(11)8-10)12-5-7-16-9-12/h2-3,8,12,15H,4-7,9H2,1H3. The summed E-state index contributed by atoms with van der Waals surface area (Å²) in [4.78, 5) is 0. The van der Waals surface area contributed by atoms with Gasteiger partial charge in [0.05, 0.1) is 12.2 Å². The molecule has 0 aromatic heterocycles. The maximum Gasteiger partial charge on any atom is 0.0953 e. The number of benzene rings is 1. The van der Waals surface area contributed by atoms with Crippen molar-refractivity contribution in [2.24, 2.45) is 5.92 Å². The van der Waals surface area contributed by atoms with Crippen molar-refractivity contribution < 1.29 is 9.84 Å². The Labute approximate surface area is 96.2 Å². The molecule has 0 spiro atoms. The molecule has 2 aliphatic rings. The van der Waals surface area contributed by atoms with Gasteiger partial charge < -0.3 is 9.84 Å². The van der Waals surface area contributed by atoms with Crippen molar-refractivity contribution in [1.29, 1.82) is 0 Å². The lowest BCUT2D eigenvalue weighted by atomic mass is 9.81. The van der Waals surface area contributed by atoms with Gasteiger partial charge in [-0.25, -0.2) is 0 Å². The van der Waals surface area contributed by atoms with Gasteiger partial charge in [-0.2, -0.15) is 0 Å². The highest BCUT2D eigenvalue weighted by atomic mass is 16.5. The molecule has 0 amide bonds. The summed E-state index contributed by atoms with van der Waals surface area (Å²) >= 11 is 0. The fourth-order valence-corrected chi connectivity index (χ4v) is 3.11. The van der Waals surface area contributed by atoms with Gasteiger partial charge in [-0.3, -0.25) is 0 Å². The van der Waals surface area contributed by atoms with E-state index in [4.69, 9.17) is 4.74 Å². The maximum absolute atomic E-state index is 10.9. The molecule has 16 heavy (non-hydrogen) atoms. The second kappa shape index (κ2) is 3.57. The Kier molecular flexibility index (Phi) is 2.30. The first-order valence-corrected chi connectivity index (χ1v) is 6.10. The van der Waals surface area contributed by atoms with E-state index in [2.05, 4.69) is 25.1 Å². The predicted molar refractivity (Wildman–Crippen MR) is 62.3 cm³/mol. The van der Waals surface area contributed by atoms with Gasteiger partial charge in [0.25, 0.3) is 0 Å². The lowest BCUT2D eigenvalue weighted by Gasteiger charge is -2.30. The molecule has 1 aromatic rings. The first-order chi connectivity index (χ1) is 7.70. The molecule has 0 radical (unpaired) electrons. The van der Waals surface area contributed by atoms with E-state index in [1.165, 1.54) is 11.1 Å². The van der Waals surface area contributed by atoms with Crippen LogP contribution in [0.3, 0.4) is 0 Å². The molecule has 1 aromatic carbocycles. The molecule has 0 bridgehead atoms. The van der Waals surface area contributed by atoms with Crippen molar-refractivity contribution in [3.8, 4) is 0 Å². The highest BCUT2D eigenvalue weighted by Gasteiger charge is 2.44. The van der Waals surface area contributed by atoms with Crippen LogP contribution < -0.4 is 0 Å². The van der Waals surface area contributed by atoms with Gasteiger partial charge in [-0.1, -0.05) is 23.8 Å². The summed E-state index contributed by atoms with van der Waals surface area (Å²) < 4.78 is 5.42. The smallest absolute Gasteiger partial charge is 0.0953 e. The van der Waals surface area contributed by atoms with Crippen LogP contribution >= 0.6 is 0 Å². The topological polar surface area (TPSA) is 29.5 Å². The molecule has 2 heteroatoms. The zero-order valence-electron chi connectivity index (χ0n) is 9.70. The molecule has 1 saturated heterocycles. The molecular weight excluding hydrogens is 200 g/mol. The van der Waals surface area contributed by atoms with E-state index in [-0.39, 0.29) is 5.92 Å². The number of rotatable bonds is 1. The van der Waals surface area contributed by atoms with Crippen LogP contribution in [0.1, 0.15) is 29.5 Å². The van der Waals surface area contributed by atoms with Crippen LogP contribution in [0.15, 0.2) is 18.2 Å². The Hall–Kier alpha value is -0.860. The average Bonchev–Trinajstić information content (AvgIpc) is 2.88. The first kappa shape index (κ1) is 10.3. The Balaban J connectivity index is 2.02. The van der Waals surface area contributed by atoms with E-state index >= 15 is 0 Å². The van der Waals surface area contributed by atoms with Crippen LogP contribution in [0.25, 0.3) is 0 Å². The molecule has 1 heterocycles. The average molecular weight is 218 g/mol. The normalized spacial score (nSPS) is 33.0. The van der Waals surface area contributed by atoms with Gasteiger partial charge in [0.1, 0.15) is 0 Å². The fraction of sp³-hybridized carbons (Fsp3) is 0.571. The summed E-state index contributed by atoms with van der Waals surface area (Å²) in [6.07, 6.45) is 2.85. The van der Waals surface area contributed by atoms with E-state index < -0.39 is 5.60 Å². The van der Waals surface area contributed by atoms with Crippen LogP contribution in [0.5, 0.6) is 0 Å². The van der Waals surface area contributed by atoms with Gasteiger partial charge in [0, 0.05) is 12.5 Å². The minimum Gasteiger partial charge on any atom is -0.385 e. The molecule has 86 valence electrons. The maximum atomic E-state index is 10.9. The van der Waals surface area contributed by atoms with Crippen molar-refractivity contribution >= 4 is 0 Å². The molecular formula is C14H18O2. The Morgan fingerprint density at radius 1 is 1.44 bits per heavy atom. The number of aryl methyl sites for hydroxylation is 2. The third-order valence-corrected chi connectivity index (χ3v) is 4.11. The van der Waals surface area contributed by atoms with Crippen molar-refractivity contribution in [3.63, 3.8) is 0 Å². The van der Waals surface area contributed by atoms with Crippen LogP contribution in [0.4, 0.5) is 0 Å². The number of ether oxygens (including phenoxy) is 1. The highest BCUT2D eigenvalue weighted by molar-refractivity contribution is 5.40. The second-order valence-corrected chi connectivity index (χ2v) is 5.15. The van der Waals surface area contributed by atoms with Crippen LogP contribution in [0.2, 0.25) is 0 Å². The fourth-order valence-electron chi connectivity index (χ4n) is 3.11. The van der Waals surface area contributed by atoms with E-state index in [0.717, 1.165) is 31.4 Å². The van der Waals surface area contributed by atoms with Gasteiger partial charge >= 0.3 is 0 Å². The van der Waals surface area contributed by atoms with Crippen molar-refractivity contribution in [2.45, 2.75) is 31.8 Å². The molecule has 1 N–H and O–H groups in total. The number of hydrogen-bond acceptors (Lipinski definition) is 2. The highest BCUT2D eigenvalue weighted by Crippen LogP contribution is 2.45. The summed E-state index contributed by atoms with van der Waals surface area (Å²) in [7, 11) is 0. The summed E-state index contributed by atoms with van der Waals surface area (Å²) in [6.45, 7) is 3.60. The van der Waals surface area contributed by atoms with Gasteiger partial charge in [0.15, 0.2) is 0 Å². The molecule has 2 unspecified atom stereocenters. The zero-order valence-corrected chi connectivity index (χ0v) is 9.70. The zero-order chi connectivity index (χ0) is 11.2. The van der Waals surface area contributed by atoms with Crippen molar-refractivity contribution in [2.75, 3.05) is 13.2 Å². The van der Waals surface area contributed by atoms with E-state index in [1.807, 2.05) is 0 Å². The molecule has 1 aliphatic heterocycles. The summed E-state index contributed by atoms with van der Waals surface area (Å²) in [5.74, 6) is 0.288. The molecule has 1 aliphatic carbocycles. The summed E-state index contributed by atoms with van der Waals surface area (Å²) in [6, 6.07) is 6.45. The van der Waals surface area contributed by atoms with Crippen LogP contribution in [0, 0.1) is 12.8 Å². The molecule has 2 atom stereocenters. The van der Waals surface area contributed by atoms with Crippen molar-refractivity contribution in [3.05, 3.63) is 34.9 Å². The third kappa shape index (κ3) is 1.40. The summed E-state index contributed by atoms with van der Waals surface area (Å²) in [5.41, 5.74) is 3.08. The quantitative estimate of drug-likeness (QED) is 0.782. The minimum absolute atomic E-state index is 0.288. The number of fused-ring (bicyclic) bond motifs is 1. The Morgan fingerprint density at radius 2 is 2.31 bits per heavy atom. The predicted octanol–water partition coefficient (Wildman–Crippen LogP) is 2.17. The lowest BCUT2D eigenvalue weighted by molar-refractivity contribution is -0.0254. The van der Waals surface area contributed by atoms with Gasteiger partial charge in [0.2, 0.25) is 0 Å². The van der Waals surface area contributed by atoms with E-state index in [0.29, 0.717) is 6.61 Å². The first-order valence-electron chi connectivity index (χ1n) is 6.10. The molecule has 1 fully saturated rings.